The third kappa shape index (κ3) is 4.03. The number of ether oxygens (including phenoxy) is 1. The highest BCUT2D eigenvalue weighted by Crippen LogP contribution is 2.29. The van der Waals surface area contributed by atoms with Gasteiger partial charge in [-0.25, -0.2) is 14.5 Å². The number of carbonyl (C=O) groups excluding carboxylic acids is 4. The lowest BCUT2D eigenvalue weighted by molar-refractivity contribution is -0.135. The van der Waals surface area contributed by atoms with Gasteiger partial charge < -0.3 is 19.9 Å². The van der Waals surface area contributed by atoms with Gasteiger partial charge in [0, 0.05) is 31.6 Å². The number of piperazine rings is 1. The Hall–Kier alpha value is -3.62. The molecule has 2 aliphatic heterocycles. The van der Waals surface area contributed by atoms with Crippen LogP contribution in [0.25, 0.3) is 10.8 Å². The minimum absolute atomic E-state index is 0.120. The van der Waals surface area contributed by atoms with E-state index in [2.05, 4.69) is 5.32 Å². The largest absolute Gasteiger partial charge is 0.450 e. The molecule has 2 fully saturated rings. The van der Waals surface area contributed by atoms with Crippen molar-refractivity contribution in [3.05, 3.63) is 42.5 Å². The number of imide groups is 1. The fraction of sp³-hybridized carbons (Fsp3) is 0.364. The summed E-state index contributed by atoms with van der Waals surface area (Å²) < 4.78 is 4.98. The van der Waals surface area contributed by atoms with Crippen LogP contribution in [0.1, 0.15) is 13.3 Å². The second-order valence-electron chi connectivity index (χ2n) is 7.44. The molecule has 5 amide bonds. The first-order valence-corrected chi connectivity index (χ1v) is 10.3. The van der Waals surface area contributed by atoms with Crippen LogP contribution in [0.15, 0.2) is 42.5 Å². The van der Waals surface area contributed by atoms with Crippen LogP contribution in [0, 0.1) is 0 Å². The molecule has 1 atom stereocenters. The van der Waals surface area contributed by atoms with Gasteiger partial charge in [0.1, 0.15) is 6.04 Å². The standard InChI is InChI=1S/C22H24N4O5/c1-2-31-22(30)25-12-10-24(11-13-25)19(27)14-17-20(28)26(21(29)23-17)18-9-5-7-15-6-3-4-8-16(15)18/h3-9,17H,2,10-14H2,1H3,(H,23,29)/t17-/m1/s1. The van der Waals surface area contributed by atoms with E-state index in [9.17, 15) is 19.2 Å². The molecule has 2 aliphatic rings. The molecule has 9 heteroatoms. The molecule has 1 N–H and O–H groups in total. The Balaban J connectivity index is 1.42. The molecule has 0 unspecified atom stereocenters. The summed E-state index contributed by atoms with van der Waals surface area (Å²) in [4.78, 5) is 54.4. The maximum Gasteiger partial charge on any atom is 0.409 e. The van der Waals surface area contributed by atoms with Crippen LogP contribution in [0.5, 0.6) is 0 Å². The molecule has 162 valence electrons. The number of fused-ring (bicyclic) bond motifs is 1. The second kappa shape index (κ2) is 8.63. The van der Waals surface area contributed by atoms with Crippen LogP contribution in [-0.2, 0) is 14.3 Å². The molecular weight excluding hydrogens is 400 g/mol. The average molecular weight is 424 g/mol. The predicted molar refractivity (Wildman–Crippen MR) is 114 cm³/mol. The van der Waals surface area contributed by atoms with E-state index in [0.29, 0.717) is 38.5 Å². The minimum Gasteiger partial charge on any atom is -0.450 e. The van der Waals surface area contributed by atoms with Crippen molar-refractivity contribution in [1.82, 2.24) is 15.1 Å². The van der Waals surface area contributed by atoms with Crippen LogP contribution >= 0.6 is 0 Å². The van der Waals surface area contributed by atoms with Gasteiger partial charge in [0.25, 0.3) is 5.91 Å². The van der Waals surface area contributed by atoms with Gasteiger partial charge >= 0.3 is 12.1 Å². The van der Waals surface area contributed by atoms with E-state index in [-0.39, 0.29) is 12.3 Å². The summed E-state index contributed by atoms with van der Waals surface area (Å²) in [5, 5.41) is 4.34. The lowest BCUT2D eigenvalue weighted by atomic mass is 10.1. The van der Waals surface area contributed by atoms with Crippen LogP contribution in [0.4, 0.5) is 15.3 Å². The first-order chi connectivity index (χ1) is 15.0. The maximum atomic E-state index is 13.0. The lowest BCUT2D eigenvalue weighted by Gasteiger charge is -2.34. The maximum absolute atomic E-state index is 13.0. The van der Waals surface area contributed by atoms with E-state index in [0.717, 1.165) is 15.7 Å². The number of carbonyl (C=O) groups is 4. The third-order valence-electron chi connectivity index (χ3n) is 5.56. The Morgan fingerprint density at radius 3 is 2.42 bits per heavy atom. The SMILES string of the molecule is CCOC(=O)N1CCN(C(=O)C[C@H]2NC(=O)N(c3cccc4ccccc34)C2=O)CC1. The topological polar surface area (TPSA) is 99.3 Å². The molecule has 9 nitrogen and oxygen atoms in total. The number of amides is 5. The van der Waals surface area contributed by atoms with E-state index in [1.807, 2.05) is 30.3 Å². The summed E-state index contributed by atoms with van der Waals surface area (Å²) in [6.07, 6.45) is -0.510. The average Bonchev–Trinajstić information content (AvgIpc) is 3.06. The van der Waals surface area contributed by atoms with Crippen molar-refractivity contribution in [3.8, 4) is 0 Å². The molecule has 0 saturated carbocycles. The second-order valence-corrected chi connectivity index (χ2v) is 7.44. The van der Waals surface area contributed by atoms with E-state index in [1.165, 1.54) is 0 Å². The van der Waals surface area contributed by atoms with Crippen molar-refractivity contribution < 1.29 is 23.9 Å². The van der Waals surface area contributed by atoms with Crippen molar-refractivity contribution in [3.63, 3.8) is 0 Å². The molecule has 0 spiro atoms. The molecule has 2 aromatic rings. The summed E-state index contributed by atoms with van der Waals surface area (Å²) in [7, 11) is 0. The first kappa shape index (κ1) is 20.6. The third-order valence-corrected chi connectivity index (χ3v) is 5.56. The van der Waals surface area contributed by atoms with Crippen molar-refractivity contribution in [2.45, 2.75) is 19.4 Å². The number of urea groups is 1. The molecule has 2 aromatic carbocycles. The molecule has 2 saturated heterocycles. The number of hydrogen-bond acceptors (Lipinski definition) is 5. The number of rotatable bonds is 4. The van der Waals surface area contributed by atoms with Crippen molar-refractivity contribution in [2.24, 2.45) is 0 Å². The smallest absolute Gasteiger partial charge is 0.409 e. The quantitative estimate of drug-likeness (QED) is 0.757. The highest BCUT2D eigenvalue weighted by molar-refractivity contribution is 6.24. The monoisotopic (exact) mass is 424 g/mol. The van der Waals surface area contributed by atoms with Gasteiger partial charge in [-0.05, 0) is 18.4 Å². The van der Waals surface area contributed by atoms with Crippen LogP contribution < -0.4 is 10.2 Å². The van der Waals surface area contributed by atoms with Gasteiger partial charge in [-0.2, -0.15) is 0 Å². The van der Waals surface area contributed by atoms with Gasteiger partial charge in [0.2, 0.25) is 5.91 Å². The van der Waals surface area contributed by atoms with Crippen molar-refractivity contribution in [2.75, 3.05) is 37.7 Å². The van der Waals surface area contributed by atoms with Gasteiger partial charge in [-0.3, -0.25) is 9.59 Å². The molecular formula is C22H24N4O5. The summed E-state index contributed by atoms with van der Waals surface area (Å²) in [6.45, 7) is 3.51. The molecule has 0 bridgehead atoms. The van der Waals surface area contributed by atoms with Crippen LogP contribution in [-0.4, -0.2) is 72.6 Å². The zero-order valence-electron chi connectivity index (χ0n) is 17.2. The summed E-state index contributed by atoms with van der Waals surface area (Å²) in [5.41, 5.74) is 0.499. The minimum atomic E-state index is -0.915. The number of nitrogens with one attached hydrogen (secondary N) is 1. The molecule has 31 heavy (non-hydrogen) atoms. The highest BCUT2D eigenvalue weighted by Gasteiger charge is 2.41. The predicted octanol–water partition coefficient (Wildman–Crippen LogP) is 1.96. The lowest BCUT2D eigenvalue weighted by Crippen LogP contribution is -2.51. The highest BCUT2D eigenvalue weighted by atomic mass is 16.6. The number of anilines is 1. The summed E-state index contributed by atoms with van der Waals surface area (Å²) >= 11 is 0. The fourth-order valence-electron chi connectivity index (χ4n) is 3.96. The Kier molecular flexibility index (Phi) is 5.75. The Labute approximate surface area is 179 Å². The van der Waals surface area contributed by atoms with Gasteiger partial charge in [0.05, 0.1) is 18.7 Å². The van der Waals surface area contributed by atoms with E-state index >= 15 is 0 Å². The normalized spacial score (nSPS) is 19.0. The molecule has 2 heterocycles. The Bertz CT molecular complexity index is 1030. The van der Waals surface area contributed by atoms with Crippen LogP contribution in [0.2, 0.25) is 0 Å². The molecule has 0 aliphatic carbocycles. The number of hydrogen-bond donors (Lipinski definition) is 1. The number of benzene rings is 2. The van der Waals surface area contributed by atoms with E-state index in [4.69, 9.17) is 4.74 Å². The van der Waals surface area contributed by atoms with E-state index in [1.54, 1.807) is 28.9 Å². The molecule has 4 rings (SSSR count). The van der Waals surface area contributed by atoms with Crippen molar-refractivity contribution >= 4 is 40.4 Å². The summed E-state index contributed by atoms with van der Waals surface area (Å²) in [5.74, 6) is -0.679. The Morgan fingerprint density at radius 1 is 1.00 bits per heavy atom. The zero-order valence-corrected chi connectivity index (χ0v) is 17.2. The zero-order chi connectivity index (χ0) is 22.0. The fourth-order valence-corrected chi connectivity index (χ4v) is 3.96. The Morgan fingerprint density at radius 2 is 1.68 bits per heavy atom. The van der Waals surface area contributed by atoms with Gasteiger partial charge in [-0.1, -0.05) is 36.4 Å². The molecule has 0 aromatic heterocycles. The number of nitrogens with zero attached hydrogens (tertiary/aromatic N) is 3. The molecule has 0 radical (unpaired) electrons. The van der Waals surface area contributed by atoms with Gasteiger partial charge in [0.15, 0.2) is 0 Å². The first-order valence-electron chi connectivity index (χ1n) is 10.3. The van der Waals surface area contributed by atoms with E-state index < -0.39 is 24.1 Å². The summed E-state index contributed by atoms with van der Waals surface area (Å²) in [6, 6.07) is 11.5. The van der Waals surface area contributed by atoms with Crippen molar-refractivity contribution in [1.29, 1.82) is 0 Å². The van der Waals surface area contributed by atoms with Gasteiger partial charge in [-0.15, -0.1) is 0 Å². The van der Waals surface area contributed by atoms with Crippen LogP contribution in [0.3, 0.4) is 0 Å².